The first-order valence-corrected chi connectivity index (χ1v) is 4.17. The normalized spacial score (nSPS) is 12.6. The Hall–Kier alpha value is -1.02. The highest BCUT2D eigenvalue weighted by molar-refractivity contribution is 5.28. The van der Waals surface area contributed by atoms with Gasteiger partial charge in [0.1, 0.15) is 5.75 Å². The fraction of sp³-hybridized carbons (Fsp3) is 0.400. The third-order valence-corrected chi connectivity index (χ3v) is 1.98. The lowest BCUT2D eigenvalue weighted by atomic mass is 10.1. The Balaban J connectivity index is 2.77. The van der Waals surface area contributed by atoms with Gasteiger partial charge in [-0.1, -0.05) is 19.1 Å². The Morgan fingerprint density at radius 1 is 1.33 bits per heavy atom. The van der Waals surface area contributed by atoms with E-state index in [4.69, 9.17) is 10.5 Å². The Kier molecular flexibility index (Phi) is 3.11. The molecule has 66 valence electrons. The average Bonchev–Trinajstić information content (AvgIpc) is 2.17. The van der Waals surface area contributed by atoms with Crippen LogP contribution in [-0.2, 0) is 0 Å². The van der Waals surface area contributed by atoms with Gasteiger partial charge in [0.2, 0.25) is 0 Å². The maximum absolute atomic E-state index is 5.84. The van der Waals surface area contributed by atoms with Gasteiger partial charge in [-0.3, -0.25) is 0 Å². The number of hydrogen-bond acceptors (Lipinski definition) is 2. The van der Waals surface area contributed by atoms with Crippen molar-refractivity contribution in [2.75, 3.05) is 7.11 Å². The molecule has 0 bridgehead atoms. The molecule has 0 radical (unpaired) electrons. The van der Waals surface area contributed by atoms with Gasteiger partial charge in [0.25, 0.3) is 0 Å². The van der Waals surface area contributed by atoms with E-state index in [2.05, 4.69) is 6.92 Å². The molecule has 0 aromatic heterocycles. The maximum Gasteiger partial charge on any atom is 0.118 e. The molecular formula is C10H15NO. The first-order valence-electron chi connectivity index (χ1n) is 4.17. The summed E-state index contributed by atoms with van der Waals surface area (Å²) in [5.41, 5.74) is 7.01. The number of ether oxygens (including phenoxy) is 1. The molecule has 2 heteroatoms. The van der Waals surface area contributed by atoms with Crippen LogP contribution in [0.2, 0.25) is 0 Å². The van der Waals surface area contributed by atoms with Crippen molar-refractivity contribution in [1.29, 1.82) is 0 Å². The van der Waals surface area contributed by atoms with Crippen molar-refractivity contribution in [2.24, 2.45) is 5.73 Å². The molecule has 0 aliphatic heterocycles. The van der Waals surface area contributed by atoms with Crippen LogP contribution in [0.3, 0.4) is 0 Å². The molecule has 12 heavy (non-hydrogen) atoms. The molecule has 0 saturated carbocycles. The molecule has 0 aliphatic rings. The summed E-state index contributed by atoms with van der Waals surface area (Å²) >= 11 is 0. The van der Waals surface area contributed by atoms with E-state index in [0.717, 1.165) is 12.2 Å². The third kappa shape index (κ3) is 1.98. The van der Waals surface area contributed by atoms with Crippen LogP contribution < -0.4 is 10.5 Å². The Bertz CT molecular complexity index is 230. The van der Waals surface area contributed by atoms with E-state index in [1.807, 2.05) is 24.3 Å². The summed E-state index contributed by atoms with van der Waals surface area (Å²) in [5, 5.41) is 0. The topological polar surface area (TPSA) is 35.2 Å². The second kappa shape index (κ2) is 4.12. The summed E-state index contributed by atoms with van der Waals surface area (Å²) in [4.78, 5) is 0. The largest absolute Gasteiger partial charge is 0.497 e. The van der Waals surface area contributed by atoms with E-state index in [1.165, 1.54) is 5.56 Å². The first kappa shape index (κ1) is 9.07. The van der Waals surface area contributed by atoms with Crippen molar-refractivity contribution in [2.45, 2.75) is 19.4 Å². The maximum atomic E-state index is 5.84. The van der Waals surface area contributed by atoms with Crippen LogP contribution in [0, 0.1) is 0 Å². The molecule has 0 heterocycles. The van der Waals surface area contributed by atoms with Crippen molar-refractivity contribution in [3.05, 3.63) is 29.8 Å². The smallest absolute Gasteiger partial charge is 0.118 e. The van der Waals surface area contributed by atoms with Crippen LogP contribution in [0.25, 0.3) is 0 Å². The van der Waals surface area contributed by atoms with Crippen LogP contribution in [0.15, 0.2) is 24.3 Å². The van der Waals surface area contributed by atoms with Crippen molar-refractivity contribution in [3.8, 4) is 5.75 Å². The molecule has 0 unspecified atom stereocenters. The number of rotatable bonds is 3. The highest BCUT2D eigenvalue weighted by Crippen LogP contribution is 2.17. The number of nitrogens with two attached hydrogens (primary N) is 1. The summed E-state index contributed by atoms with van der Waals surface area (Å²) in [6, 6.07) is 8.03. The Labute approximate surface area is 73.3 Å². The summed E-state index contributed by atoms with van der Waals surface area (Å²) in [6.45, 7) is 2.08. The van der Waals surface area contributed by atoms with Crippen molar-refractivity contribution in [1.82, 2.24) is 0 Å². The molecule has 1 rings (SSSR count). The molecule has 0 saturated heterocycles. The standard InChI is InChI=1S/C10H15NO/c1-3-10(11)8-4-6-9(12-2)7-5-8/h4-7,10H,3,11H2,1-2H3/t10-/m1/s1. The van der Waals surface area contributed by atoms with Crippen LogP contribution in [0.1, 0.15) is 24.9 Å². The average molecular weight is 165 g/mol. The molecule has 1 aromatic rings. The van der Waals surface area contributed by atoms with Crippen LogP contribution >= 0.6 is 0 Å². The van der Waals surface area contributed by atoms with Gasteiger partial charge >= 0.3 is 0 Å². The molecule has 2 N–H and O–H groups in total. The van der Waals surface area contributed by atoms with E-state index >= 15 is 0 Å². The quantitative estimate of drug-likeness (QED) is 0.744. The number of hydrogen-bond donors (Lipinski definition) is 1. The second-order valence-corrected chi connectivity index (χ2v) is 2.79. The van der Waals surface area contributed by atoms with Gasteiger partial charge in [-0.2, -0.15) is 0 Å². The van der Waals surface area contributed by atoms with Gasteiger partial charge in [-0.25, -0.2) is 0 Å². The highest BCUT2D eigenvalue weighted by Gasteiger charge is 2.01. The number of methoxy groups -OCH3 is 1. The Morgan fingerprint density at radius 2 is 1.92 bits per heavy atom. The minimum atomic E-state index is 0.149. The Morgan fingerprint density at radius 3 is 2.33 bits per heavy atom. The lowest BCUT2D eigenvalue weighted by Crippen LogP contribution is -2.07. The van der Waals surface area contributed by atoms with Crippen molar-refractivity contribution >= 4 is 0 Å². The molecule has 0 spiro atoms. The molecular weight excluding hydrogens is 150 g/mol. The fourth-order valence-corrected chi connectivity index (χ4v) is 1.09. The molecule has 1 atom stereocenters. The van der Waals surface area contributed by atoms with Crippen LogP contribution in [-0.4, -0.2) is 7.11 Å². The van der Waals surface area contributed by atoms with Gasteiger partial charge in [0.05, 0.1) is 7.11 Å². The lowest BCUT2D eigenvalue weighted by molar-refractivity contribution is 0.414. The highest BCUT2D eigenvalue weighted by atomic mass is 16.5. The predicted octanol–water partition coefficient (Wildman–Crippen LogP) is 2.10. The van der Waals surface area contributed by atoms with E-state index in [1.54, 1.807) is 7.11 Å². The van der Waals surface area contributed by atoms with Crippen molar-refractivity contribution < 1.29 is 4.74 Å². The lowest BCUT2D eigenvalue weighted by Gasteiger charge is -2.09. The van der Waals surface area contributed by atoms with E-state index in [0.29, 0.717) is 0 Å². The minimum absolute atomic E-state index is 0.149. The van der Waals surface area contributed by atoms with Gasteiger partial charge < -0.3 is 10.5 Å². The predicted molar refractivity (Wildman–Crippen MR) is 50.2 cm³/mol. The summed E-state index contributed by atoms with van der Waals surface area (Å²) in [6.07, 6.45) is 0.965. The second-order valence-electron chi connectivity index (χ2n) is 2.79. The molecule has 1 aromatic carbocycles. The van der Waals surface area contributed by atoms with Gasteiger partial charge in [-0.15, -0.1) is 0 Å². The number of benzene rings is 1. The first-order chi connectivity index (χ1) is 5.77. The summed E-state index contributed by atoms with van der Waals surface area (Å²) in [5.74, 6) is 0.877. The SMILES string of the molecule is CC[C@@H](N)c1ccc(OC)cc1. The zero-order chi connectivity index (χ0) is 8.97. The zero-order valence-electron chi connectivity index (χ0n) is 7.58. The monoisotopic (exact) mass is 165 g/mol. The van der Waals surface area contributed by atoms with E-state index in [-0.39, 0.29) is 6.04 Å². The van der Waals surface area contributed by atoms with E-state index in [9.17, 15) is 0 Å². The van der Waals surface area contributed by atoms with Gasteiger partial charge in [-0.05, 0) is 24.1 Å². The zero-order valence-corrected chi connectivity index (χ0v) is 7.58. The van der Waals surface area contributed by atoms with Crippen LogP contribution in [0.5, 0.6) is 5.75 Å². The fourth-order valence-electron chi connectivity index (χ4n) is 1.09. The van der Waals surface area contributed by atoms with Gasteiger partial charge in [0.15, 0.2) is 0 Å². The summed E-state index contributed by atoms with van der Waals surface area (Å²) in [7, 11) is 1.66. The third-order valence-electron chi connectivity index (χ3n) is 1.98. The minimum Gasteiger partial charge on any atom is -0.497 e. The molecule has 0 fully saturated rings. The van der Waals surface area contributed by atoms with Crippen LogP contribution in [0.4, 0.5) is 0 Å². The van der Waals surface area contributed by atoms with Crippen molar-refractivity contribution in [3.63, 3.8) is 0 Å². The molecule has 0 amide bonds. The molecule has 0 aliphatic carbocycles. The van der Waals surface area contributed by atoms with Gasteiger partial charge in [0, 0.05) is 6.04 Å². The molecule has 2 nitrogen and oxygen atoms in total. The van der Waals surface area contributed by atoms with E-state index < -0.39 is 0 Å². The summed E-state index contributed by atoms with van der Waals surface area (Å²) < 4.78 is 5.04.